The second-order valence-corrected chi connectivity index (χ2v) is 3.62. The molecule has 0 aliphatic heterocycles. The van der Waals surface area contributed by atoms with E-state index in [4.69, 9.17) is 5.73 Å². The number of para-hydroxylation sites is 1. The van der Waals surface area contributed by atoms with E-state index < -0.39 is 0 Å². The van der Waals surface area contributed by atoms with Gasteiger partial charge in [0.25, 0.3) is 5.56 Å². The maximum atomic E-state index is 11.7. The number of nitrogen functional groups attached to an aromatic ring is 1. The number of hydrogen-bond donors (Lipinski definition) is 3. The molecule has 0 atom stereocenters. The molecule has 2 aromatic rings. The van der Waals surface area contributed by atoms with Crippen LogP contribution in [-0.4, -0.2) is 9.97 Å². The van der Waals surface area contributed by atoms with Gasteiger partial charge in [0, 0.05) is 5.69 Å². The van der Waals surface area contributed by atoms with Crippen LogP contribution in [0.15, 0.2) is 35.1 Å². The molecule has 0 aliphatic rings. The van der Waals surface area contributed by atoms with Gasteiger partial charge in [0.1, 0.15) is 5.82 Å². The van der Waals surface area contributed by atoms with Gasteiger partial charge in [-0.25, -0.2) is 0 Å². The molecule has 1 heterocycles. The molecular formula is C12H14N4O. The molecule has 4 N–H and O–H groups in total. The zero-order valence-corrected chi connectivity index (χ0v) is 9.53. The van der Waals surface area contributed by atoms with Crippen molar-refractivity contribution >= 4 is 17.5 Å². The highest BCUT2D eigenvalue weighted by atomic mass is 16.1. The smallest absolute Gasteiger partial charge is 0.257 e. The molecule has 0 radical (unpaired) electrons. The van der Waals surface area contributed by atoms with Crippen LogP contribution in [0.1, 0.15) is 12.5 Å². The quantitative estimate of drug-likeness (QED) is 0.748. The Morgan fingerprint density at radius 1 is 1.35 bits per heavy atom. The highest BCUT2D eigenvalue weighted by molar-refractivity contribution is 5.54. The van der Waals surface area contributed by atoms with Crippen molar-refractivity contribution in [2.24, 2.45) is 0 Å². The van der Waals surface area contributed by atoms with Gasteiger partial charge in [0.2, 0.25) is 5.95 Å². The molecule has 0 aliphatic carbocycles. The van der Waals surface area contributed by atoms with E-state index in [1.54, 1.807) is 0 Å². The Morgan fingerprint density at radius 2 is 2.06 bits per heavy atom. The average molecular weight is 230 g/mol. The number of nitrogens with zero attached hydrogens (tertiary/aromatic N) is 1. The van der Waals surface area contributed by atoms with Gasteiger partial charge in [-0.2, -0.15) is 4.98 Å². The molecule has 88 valence electrons. The first-order valence-corrected chi connectivity index (χ1v) is 5.41. The Labute approximate surface area is 98.7 Å². The first-order valence-electron chi connectivity index (χ1n) is 5.41. The van der Waals surface area contributed by atoms with Gasteiger partial charge in [-0.3, -0.25) is 9.78 Å². The second kappa shape index (κ2) is 4.69. The summed E-state index contributed by atoms with van der Waals surface area (Å²) in [5, 5.41) is 2.99. The van der Waals surface area contributed by atoms with Gasteiger partial charge >= 0.3 is 0 Å². The molecule has 0 saturated heterocycles. The van der Waals surface area contributed by atoms with E-state index in [9.17, 15) is 4.79 Å². The molecule has 5 nitrogen and oxygen atoms in total. The van der Waals surface area contributed by atoms with Gasteiger partial charge in [-0.05, 0) is 18.6 Å². The molecule has 5 heteroatoms. The molecule has 0 fully saturated rings. The lowest BCUT2D eigenvalue weighted by Crippen LogP contribution is -2.18. The number of anilines is 3. The first-order chi connectivity index (χ1) is 8.20. The van der Waals surface area contributed by atoms with Gasteiger partial charge in [0.15, 0.2) is 0 Å². The minimum Gasteiger partial charge on any atom is -0.383 e. The van der Waals surface area contributed by atoms with Crippen molar-refractivity contribution in [2.75, 3.05) is 11.1 Å². The highest BCUT2D eigenvalue weighted by Gasteiger charge is 2.06. The first kappa shape index (κ1) is 11.2. The molecule has 0 spiro atoms. The van der Waals surface area contributed by atoms with Crippen molar-refractivity contribution in [3.63, 3.8) is 0 Å². The number of aromatic nitrogens is 2. The Hall–Kier alpha value is -2.30. The van der Waals surface area contributed by atoms with E-state index in [1.807, 2.05) is 37.3 Å². The van der Waals surface area contributed by atoms with Gasteiger partial charge in [0.05, 0.1) is 5.56 Å². The lowest BCUT2D eigenvalue weighted by Gasteiger charge is -2.07. The number of nitrogens with one attached hydrogen (secondary N) is 2. The summed E-state index contributed by atoms with van der Waals surface area (Å²) in [6.45, 7) is 1.87. The summed E-state index contributed by atoms with van der Waals surface area (Å²) >= 11 is 0. The number of nitrogens with two attached hydrogens (primary N) is 1. The summed E-state index contributed by atoms with van der Waals surface area (Å²) in [6, 6.07) is 9.46. The molecule has 0 bridgehead atoms. The number of hydrogen-bond acceptors (Lipinski definition) is 4. The predicted molar refractivity (Wildman–Crippen MR) is 68.4 cm³/mol. The summed E-state index contributed by atoms with van der Waals surface area (Å²) in [6.07, 6.45) is 0.569. The number of aromatic amines is 1. The van der Waals surface area contributed by atoms with Crippen LogP contribution in [0.25, 0.3) is 0 Å². The zero-order chi connectivity index (χ0) is 12.3. The highest BCUT2D eigenvalue weighted by Crippen LogP contribution is 2.12. The van der Waals surface area contributed by atoms with Crippen LogP contribution in [0, 0.1) is 0 Å². The zero-order valence-electron chi connectivity index (χ0n) is 9.53. The number of benzene rings is 1. The Balaban J connectivity index is 2.32. The Morgan fingerprint density at radius 3 is 2.65 bits per heavy atom. The molecule has 2 rings (SSSR count). The van der Waals surface area contributed by atoms with Crippen LogP contribution in [-0.2, 0) is 6.42 Å². The van der Waals surface area contributed by atoms with Crippen molar-refractivity contribution in [1.29, 1.82) is 0 Å². The third kappa shape index (κ3) is 2.44. The van der Waals surface area contributed by atoms with Gasteiger partial charge < -0.3 is 11.1 Å². The Bertz CT molecular complexity index is 562. The fourth-order valence-corrected chi connectivity index (χ4v) is 1.57. The largest absolute Gasteiger partial charge is 0.383 e. The molecule has 0 unspecified atom stereocenters. The van der Waals surface area contributed by atoms with E-state index >= 15 is 0 Å². The summed E-state index contributed by atoms with van der Waals surface area (Å²) in [4.78, 5) is 18.4. The number of H-pyrrole nitrogens is 1. The second-order valence-electron chi connectivity index (χ2n) is 3.62. The summed E-state index contributed by atoms with van der Waals surface area (Å²) in [5.74, 6) is 0.630. The van der Waals surface area contributed by atoms with Crippen molar-refractivity contribution in [3.05, 3.63) is 46.2 Å². The maximum absolute atomic E-state index is 11.7. The minimum absolute atomic E-state index is 0.196. The molecule has 1 aromatic heterocycles. The molecule has 0 amide bonds. The van der Waals surface area contributed by atoms with Crippen LogP contribution in [0.4, 0.5) is 17.5 Å². The topological polar surface area (TPSA) is 83.8 Å². The van der Waals surface area contributed by atoms with E-state index in [2.05, 4.69) is 15.3 Å². The molecule has 1 aromatic carbocycles. The third-order valence-electron chi connectivity index (χ3n) is 2.44. The van der Waals surface area contributed by atoms with Crippen LogP contribution in [0.5, 0.6) is 0 Å². The van der Waals surface area contributed by atoms with E-state index in [0.29, 0.717) is 17.9 Å². The molecular weight excluding hydrogens is 216 g/mol. The van der Waals surface area contributed by atoms with Gasteiger partial charge in [-0.1, -0.05) is 25.1 Å². The number of rotatable bonds is 3. The summed E-state index contributed by atoms with van der Waals surface area (Å²) in [5.41, 5.74) is 6.88. The van der Waals surface area contributed by atoms with Crippen molar-refractivity contribution in [2.45, 2.75) is 13.3 Å². The Kier molecular flexibility index (Phi) is 3.09. The third-order valence-corrected chi connectivity index (χ3v) is 2.44. The lowest BCUT2D eigenvalue weighted by atomic mass is 10.2. The summed E-state index contributed by atoms with van der Waals surface area (Å²) < 4.78 is 0. The van der Waals surface area contributed by atoms with Crippen LogP contribution >= 0.6 is 0 Å². The van der Waals surface area contributed by atoms with Gasteiger partial charge in [-0.15, -0.1) is 0 Å². The van der Waals surface area contributed by atoms with E-state index in [0.717, 1.165) is 5.69 Å². The van der Waals surface area contributed by atoms with Crippen molar-refractivity contribution < 1.29 is 0 Å². The van der Waals surface area contributed by atoms with Crippen LogP contribution in [0.3, 0.4) is 0 Å². The normalized spacial score (nSPS) is 10.2. The monoisotopic (exact) mass is 230 g/mol. The average Bonchev–Trinajstić information content (AvgIpc) is 2.30. The van der Waals surface area contributed by atoms with Crippen LogP contribution < -0.4 is 16.6 Å². The summed E-state index contributed by atoms with van der Waals surface area (Å²) in [7, 11) is 0. The van der Waals surface area contributed by atoms with Crippen LogP contribution in [0.2, 0.25) is 0 Å². The van der Waals surface area contributed by atoms with E-state index in [-0.39, 0.29) is 11.4 Å². The predicted octanol–water partition coefficient (Wildman–Crippen LogP) is 1.66. The minimum atomic E-state index is -0.196. The van der Waals surface area contributed by atoms with Crippen molar-refractivity contribution in [1.82, 2.24) is 9.97 Å². The lowest BCUT2D eigenvalue weighted by molar-refractivity contribution is 1.02. The molecule has 17 heavy (non-hydrogen) atoms. The van der Waals surface area contributed by atoms with Crippen molar-refractivity contribution in [3.8, 4) is 0 Å². The maximum Gasteiger partial charge on any atom is 0.257 e. The standard InChI is InChI=1S/C12H14N4O/c1-2-9-10(13)15-12(16-11(9)17)14-8-6-4-3-5-7-8/h3-7H,2H2,1H3,(H4,13,14,15,16,17). The molecule has 0 saturated carbocycles. The fourth-order valence-electron chi connectivity index (χ4n) is 1.57. The van der Waals surface area contributed by atoms with E-state index in [1.165, 1.54) is 0 Å². The SMILES string of the molecule is CCc1c(N)nc(Nc2ccccc2)[nH]c1=O. The fraction of sp³-hybridized carbons (Fsp3) is 0.167.